The third kappa shape index (κ3) is 3.17. The Hall–Kier alpha value is -2.59. The van der Waals surface area contributed by atoms with Crippen LogP contribution in [0.4, 0.5) is 5.82 Å². The summed E-state index contributed by atoms with van der Waals surface area (Å²) in [7, 11) is 0. The monoisotopic (exact) mass is 354 g/mol. The van der Waals surface area contributed by atoms with E-state index >= 15 is 0 Å². The van der Waals surface area contributed by atoms with Crippen LogP contribution in [-0.2, 0) is 11.3 Å². The average Bonchev–Trinajstić information content (AvgIpc) is 2.63. The number of amides is 1. The first-order valence-corrected chi connectivity index (χ1v) is 8.66. The minimum Gasteiger partial charge on any atom is -0.327 e. The zero-order valence-corrected chi connectivity index (χ0v) is 14.9. The van der Waals surface area contributed by atoms with Crippen LogP contribution in [0.2, 0.25) is 5.02 Å². The molecular formula is C20H19ClN2O2. The van der Waals surface area contributed by atoms with E-state index in [0.717, 1.165) is 11.1 Å². The fourth-order valence-electron chi connectivity index (χ4n) is 2.96. The van der Waals surface area contributed by atoms with E-state index < -0.39 is 0 Å². The van der Waals surface area contributed by atoms with Crippen molar-refractivity contribution in [2.45, 2.75) is 26.8 Å². The maximum absolute atomic E-state index is 13.2. The molecule has 0 unspecified atom stereocenters. The van der Waals surface area contributed by atoms with Crippen molar-refractivity contribution < 1.29 is 4.79 Å². The van der Waals surface area contributed by atoms with E-state index in [0.29, 0.717) is 34.8 Å². The van der Waals surface area contributed by atoms with Gasteiger partial charge in [0.15, 0.2) is 5.43 Å². The van der Waals surface area contributed by atoms with Crippen LogP contribution >= 0.6 is 11.6 Å². The molecule has 3 rings (SSSR count). The summed E-state index contributed by atoms with van der Waals surface area (Å²) in [4.78, 5) is 25.3. The van der Waals surface area contributed by atoms with Gasteiger partial charge in [-0.05, 0) is 36.8 Å². The van der Waals surface area contributed by atoms with Gasteiger partial charge >= 0.3 is 0 Å². The molecule has 2 aromatic carbocycles. The van der Waals surface area contributed by atoms with E-state index in [9.17, 15) is 9.59 Å². The van der Waals surface area contributed by atoms with Crippen LogP contribution in [0.5, 0.6) is 0 Å². The molecule has 0 atom stereocenters. The first-order chi connectivity index (χ1) is 12.1. The van der Waals surface area contributed by atoms with Crippen LogP contribution in [0.15, 0.2) is 53.3 Å². The molecule has 0 radical (unpaired) electrons. The van der Waals surface area contributed by atoms with Gasteiger partial charge in [0.25, 0.3) is 0 Å². The SMILES string of the molecule is CCC(=O)Nc1c(-c2ccc(Cl)cc2)c(=O)c2ccccc2n1CC. The number of rotatable bonds is 4. The second-order valence-corrected chi connectivity index (χ2v) is 6.16. The van der Waals surface area contributed by atoms with Crippen molar-refractivity contribution >= 4 is 34.2 Å². The fraction of sp³-hybridized carbons (Fsp3) is 0.200. The molecule has 0 aliphatic heterocycles. The van der Waals surface area contributed by atoms with Crippen LogP contribution < -0.4 is 10.7 Å². The maximum atomic E-state index is 13.2. The molecule has 1 N–H and O–H groups in total. The number of pyridine rings is 1. The predicted octanol–water partition coefficient (Wildman–Crippen LogP) is 4.69. The summed E-state index contributed by atoms with van der Waals surface area (Å²) in [6.07, 6.45) is 0.338. The summed E-state index contributed by atoms with van der Waals surface area (Å²) in [6, 6.07) is 14.5. The molecule has 25 heavy (non-hydrogen) atoms. The second-order valence-electron chi connectivity index (χ2n) is 5.72. The number of carbonyl (C=O) groups is 1. The highest BCUT2D eigenvalue weighted by Crippen LogP contribution is 2.30. The summed E-state index contributed by atoms with van der Waals surface area (Å²) in [5.41, 5.74) is 1.92. The van der Waals surface area contributed by atoms with Gasteiger partial charge in [-0.3, -0.25) is 9.59 Å². The lowest BCUT2D eigenvalue weighted by Gasteiger charge is -2.20. The molecule has 128 valence electrons. The highest BCUT2D eigenvalue weighted by Gasteiger charge is 2.19. The minimum absolute atomic E-state index is 0.103. The van der Waals surface area contributed by atoms with Gasteiger partial charge in [0.2, 0.25) is 5.91 Å². The van der Waals surface area contributed by atoms with E-state index in [2.05, 4.69) is 5.32 Å². The molecule has 1 heterocycles. The number of nitrogens with zero attached hydrogens (tertiary/aromatic N) is 1. The highest BCUT2D eigenvalue weighted by atomic mass is 35.5. The standard InChI is InChI=1S/C20H19ClN2O2/c1-3-17(24)22-20-18(13-9-11-14(21)12-10-13)19(25)15-7-5-6-8-16(15)23(20)4-2/h5-12H,3-4H2,1-2H3,(H,22,24). The second kappa shape index (κ2) is 7.11. The number of carbonyl (C=O) groups excluding carboxylic acids is 1. The third-order valence-corrected chi connectivity index (χ3v) is 4.45. The smallest absolute Gasteiger partial charge is 0.225 e. The molecule has 0 spiro atoms. The molecule has 0 saturated heterocycles. The Morgan fingerprint density at radius 1 is 1.08 bits per heavy atom. The lowest BCUT2D eigenvalue weighted by atomic mass is 10.0. The van der Waals surface area contributed by atoms with Gasteiger partial charge in [-0.1, -0.05) is 42.8 Å². The number of aryl methyl sites for hydroxylation is 1. The molecule has 5 heteroatoms. The van der Waals surface area contributed by atoms with Crippen LogP contribution in [0.25, 0.3) is 22.0 Å². The van der Waals surface area contributed by atoms with Crippen molar-refractivity contribution in [1.82, 2.24) is 4.57 Å². The molecule has 3 aromatic rings. The number of hydrogen-bond acceptors (Lipinski definition) is 2. The van der Waals surface area contributed by atoms with Crippen molar-refractivity contribution in [2.75, 3.05) is 5.32 Å². The number of para-hydroxylation sites is 1. The third-order valence-electron chi connectivity index (χ3n) is 4.20. The molecule has 0 saturated carbocycles. The van der Waals surface area contributed by atoms with Gasteiger partial charge in [0.1, 0.15) is 5.82 Å². The van der Waals surface area contributed by atoms with Gasteiger partial charge < -0.3 is 9.88 Å². The van der Waals surface area contributed by atoms with E-state index in [1.165, 1.54) is 0 Å². The van der Waals surface area contributed by atoms with Gasteiger partial charge in [-0.2, -0.15) is 0 Å². The quantitative estimate of drug-likeness (QED) is 0.738. The molecule has 0 bridgehead atoms. The molecule has 4 nitrogen and oxygen atoms in total. The number of anilines is 1. The molecule has 0 aliphatic rings. The van der Waals surface area contributed by atoms with Crippen LogP contribution in [0, 0.1) is 0 Å². The van der Waals surface area contributed by atoms with Gasteiger partial charge in [0.05, 0.1) is 11.1 Å². The number of nitrogens with one attached hydrogen (secondary N) is 1. The Balaban J connectivity index is 2.41. The molecule has 1 aromatic heterocycles. The van der Waals surface area contributed by atoms with Crippen LogP contribution in [0.3, 0.4) is 0 Å². The Bertz CT molecular complexity index is 991. The van der Waals surface area contributed by atoms with Gasteiger partial charge in [0, 0.05) is 23.4 Å². The van der Waals surface area contributed by atoms with E-state index in [-0.39, 0.29) is 11.3 Å². The number of hydrogen-bond donors (Lipinski definition) is 1. The summed E-state index contributed by atoms with van der Waals surface area (Å²) in [6.45, 7) is 4.40. The number of fused-ring (bicyclic) bond motifs is 1. The Morgan fingerprint density at radius 2 is 1.76 bits per heavy atom. The van der Waals surface area contributed by atoms with Crippen molar-refractivity contribution in [3.05, 3.63) is 63.8 Å². The topological polar surface area (TPSA) is 51.1 Å². The summed E-state index contributed by atoms with van der Waals surface area (Å²) in [5.74, 6) is 0.396. The fourth-order valence-corrected chi connectivity index (χ4v) is 3.09. The zero-order valence-electron chi connectivity index (χ0n) is 14.2. The predicted molar refractivity (Wildman–Crippen MR) is 103 cm³/mol. The lowest BCUT2D eigenvalue weighted by molar-refractivity contribution is -0.115. The van der Waals surface area contributed by atoms with Gasteiger partial charge in [-0.15, -0.1) is 0 Å². The van der Waals surface area contributed by atoms with Gasteiger partial charge in [-0.25, -0.2) is 0 Å². The average molecular weight is 355 g/mol. The normalized spacial score (nSPS) is 10.8. The van der Waals surface area contributed by atoms with Crippen molar-refractivity contribution in [3.8, 4) is 11.1 Å². The summed E-state index contributed by atoms with van der Waals surface area (Å²) in [5, 5.41) is 4.14. The first kappa shape index (κ1) is 17.2. The lowest BCUT2D eigenvalue weighted by Crippen LogP contribution is -2.21. The summed E-state index contributed by atoms with van der Waals surface area (Å²) >= 11 is 5.99. The highest BCUT2D eigenvalue weighted by molar-refractivity contribution is 6.30. The zero-order chi connectivity index (χ0) is 18.0. The largest absolute Gasteiger partial charge is 0.327 e. The number of halogens is 1. The molecule has 0 fully saturated rings. The van der Waals surface area contributed by atoms with Crippen LogP contribution in [0.1, 0.15) is 20.3 Å². The minimum atomic E-state index is -0.132. The van der Waals surface area contributed by atoms with Crippen molar-refractivity contribution in [2.24, 2.45) is 0 Å². The van der Waals surface area contributed by atoms with Crippen LogP contribution in [-0.4, -0.2) is 10.5 Å². The van der Waals surface area contributed by atoms with Crippen molar-refractivity contribution in [3.63, 3.8) is 0 Å². The Kier molecular flexibility index (Phi) is 4.91. The van der Waals surface area contributed by atoms with Crippen molar-refractivity contribution in [1.29, 1.82) is 0 Å². The van der Waals surface area contributed by atoms with E-state index in [1.807, 2.05) is 35.8 Å². The van der Waals surface area contributed by atoms with E-state index in [4.69, 9.17) is 11.6 Å². The Morgan fingerprint density at radius 3 is 2.40 bits per heavy atom. The molecule has 1 amide bonds. The van der Waals surface area contributed by atoms with E-state index in [1.54, 1.807) is 31.2 Å². The Labute approximate surface area is 151 Å². The summed E-state index contributed by atoms with van der Waals surface area (Å²) < 4.78 is 1.97. The molecule has 0 aliphatic carbocycles. The number of aromatic nitrogens is 1. The maximum Gasteiger partial charge on any atom is 0.225 e. The molecular weight excluding hydrogens is 336 g/mol. The number of benzene rings is 2. The first-order valence-electron chi connectivity index (χ1n) is 8.28.